The predicted molar refractivity (Wildman–Crippen MR) is 420 cm³/mol. The Morgan fingerprint density at radius 1 is 0.602 bits per heavy atom. The molecule has 3 heterocycles. The Labute approximate surface area is 656 Å². The number of para-hydroxylation sites is 4. The third kappa shape index (κ3) is 25.7. The Morgan fingerprint density at radius 3 is 1.55 bits per heavy atom. The van der Waals surface area contributed by atoms with Crippen LogP contribution in [0.3, 0.4) is 0 Å². The molecular weight excluding hydrogens is 1510 g/mol. The molecule has 0 aliphatic carbocycles. The number of nitrogens with two attached hydrogens (primary N) is 2. The minimum absolute atomic E-state index is 0. The smallest absolute Gasteiger partial charge is 0.857 e. The molecule has 19 nitrogen and oxygen atoms in total. The molecular formula is C76H71BrCl2N5NaO14S4. The van der Waals surface area contributed by atoms with Crippen molar-refractivity contribution in [2.45, 2.75) is 33.1 Å². The summed E-state index contributed by atoms with van der Waals surface area (Å²) in [6.45, 7) is 3.98. The van der Waals surface area contributed by atoms with Gasteiger partial charge in [-0.15, -0.1) is 11.3 Å². The van der Waals surface area contributed by atoms with Gasteiger partial charge in [-0.2, -0.15) is 12.1 Å². The van der Waals surface area contributed by atoms with Crippen LogP contribution in [0.4, 0.5) is 16.5 Å². The summed E-state index contributed by atoms with van der Waals surface area (Å²) in [6, 6.07) is 54.3. The molecule has 103 heavy (non-hydrogen) atoms. The number of anilines is 3. The van der Waals surface area contributed by atoms with Crippen LogP contribution in [0.5, 0.6) is 34.5 Å². The maximum absolute atomic E-state index is 12.4. The van der Waals surface area contributed by atoms with Crippen molar-refractivity contribution in [2.75, 3.05) is 66.1 Å². The third-order valence-corrected chi connectivity index (χ3v) is 16.6. The fourth-order valence-electron chi connectivity index (χ4n) is 9.25. The van der Waals surface area contributed by atoms with Crippen LogP contribution >= 0.6 is 87.1 Å². The van der Waals surface area contributed by atoms with Crippen molar-refractivity contribution in [1.29, 1.82) is 0 Å². The number of nitrogens with one attached hydrogen (secondary N) is 1. The quantitative estimate of drug-likeness (QED) is 0.0129. The predicted octanol–water partition coefficient (Wildman–Crippen LogP) is 13.6. The number of halogens is 3. The number of aromatic nitrogens is 1. The van der Waals surface area contributed by atoms with Gasteiger partial charge in [0.1, 0.15) is 45.7 Å². The molecule has 0 aliphatic rings. The average Bonchev–Trinajstić information content (AvgIpc) is 1.78. The number of hydrogen-bond donors (Lipinski definition) is 3. The first kappa shape index (κ1) is 86.4. The first-order valence-corrected chi connectivity index (χ1v) is 34.3. The van der Waals surface area contributed by atoms with Crippen LogP contribution in [0, 0.1) is 13.8 Å². The Kier molecular flexibility index (Phi) is 37.9. The number of alkyl halides is 1. The molecule has 5 N–H and O–H groups in total. The number of Topliss-reactive ketones (excluding diaryl/α,β-unsaturated/α-hetero) is 2. The number of aryl methyl sites for hydroxylation is 2. The molecule has 0 saturated heterocycles. The van der Waals surface area contributed by atoms with Gasteiger partial charge in [0.15, 0.2) is 27.9 Å². The van der Waals surface area contributed by atoms with Gasteiger partial charge < -0.3 is 59.1 Å². The van der Waals surface area contributed by atoms with Gasteiger partial charge in [-0.1, -0.05) is 173 Å². The van der Waals surface area contributed by atoms with E-state index in [0.717, 1.165) is 68.3 Å². The molecule has 0 spiro atoms. The van der Waals surface area contributed by atoms with E-state index in [1.54, 1.807) is 109 Å². The molecule has 1 amide bonds. The second-order valence-electron chi connectivity index (χ2n) is 20.8. The SMILES string of the molecule is COc1cccc(C)c1CC(=S)CC(=O)c1ccccc1.COc1cccc(C)c1N.COc1cccc(OC)c1CC(N)=S.COc1cccc(OC)c1Nc1nc(-c2cc3cccc(Cl)c3oc2=O)cs1.C[O-].O=C(CBr)c1cc2cccc(Cl)c2oc1=O.O=C(N=C=S)c1ccccc1.[Na+]. The maximum Gasteiger partial charge on any atom is 1.00 e. The number of carbonyl (C=O) groups excluding carboxylic acids is 3. The second kappa shape index (κ2) is 45.2. The number of amides is 1. The summed E-state index contributed by atoms with van der Waals surface area (Å²) in [4.78, 5) is 67.5. The first-order valence-electron chi connectivity index (χ1n) is 30.3. The van der Waals surface area contributed by atoms with E-state index in [-0.39, 0.29) is 64.3 Å². The van der Waals surface area contributed by atoms with Gasteiger partial charge in [-0.3, -0.25) is 14.4 Å². The summed E-state index contributed by atoms with van der Waals surface area (Å²) >= 11 is 30.9. The van der Waals surface area contributed by atoms with Gasteiger partial charge in [-0.05, 0) is 110 Å². The maximum atomic E-state index is 12.4. The number of rotatable bonds is 19. The van der Waals surface area contributed by atoms with E-state index in [1.165, 1.54) is 17.4 Å². The number of thiazole rings is 1. The van der Waals surface area contributed by atoms with Crippen LogP contribution < -0.4 is 91.1 Å². The zero-order chi connectivity index (χ0) is 74.8. The minimum atomic E-state index is -0.662. The topological polar surface area (TPSA) is 279 Å². The van der Waals surface area contributed by atoms with Crippen molar-refractivity contribution in [2.24, 2.45) is 10.7 Å². The van der Waals surface area contributed by atoms with Crippen LogP contribution in [0.25, 0.3) is 33.2 Å². The fraction of sp³-hybridized carbons (Fsp3) is 0.171. The average molecular weight is 1580 g/mol. The van der Waals surface area contributed by atoms with E-state index < -0.39 is 11.3 Å². The number of thiocarbonyl (C=S) groups is 3. The molecule has 0 unspecified atom stereocenters. The summed E-state index contributed by atoms with van der Waals surface area (Å²) in [6.07, 6.45) is 1.36. The molecule has 0 radical (unpaired) electrons. The van der Waals surface area contributed by atoms with E-state index in [4.69, 9.17) is 101 Å². The standard InChI is InChI=1S/C20H15ClN2O4S.C18H18O2S.C11H6BrClO3.C10H13NO2S.C8H5NOS.C8H11NO.CH3O.Na/c1-25-15-7-4-8-16(26-2)17(15)23-20-22-14(10-28-20)12-9-11-5-3-6-13(21)18(11)27-19(12)24;1-13-7-6-10-18(20-2)16(13)11-15(21)12-17(19)14-8-4-3-5-9-14;12-5-9(14)7-4-6-2-1-3-8(13)10(6)16-11(7)15;1-12-8-4-3-5-9(13-2)7(8)6-10(11)14;10-8(9-6-11)7-4-2-1-3-5-7;1-6-4-3-5-7(10-2)8(6)9;1-2;/h3-10H,1-2H3,(H,22,23);3-10H,11-12H2,1-2H3;1-4H,5H2;3-5H,6H2,1-2H3,(H2,11,14);1-5H;3-5H,9H2,1-2H3;1H3;/q;;;;;;-1;+1. The van der Waals surface area contributed by atoms with E-state index in [0.29, 0.717) is 89.1 Å². The first-order chi connectivity index (χ1) is 49.1. The molecule has 11 rings (SSSR count). The summed E-state index contributed by atoms with van der Waals surface area (Å²) < 4.78 is 41.9. The Balaban J connectivity index is 0.000000270. The zero-order valence-electron chi connectivity index (χ0n) is 57.8. The second-order valence-corrected chi connectivity index (χ2v) is 24.3. The fourth-order valence-corrected chi connectivity index (χ4v) is 11.2. The summed E-state index contributed by atoms with van der Waals surface area (Å²) in [5.74, 6) is 3.72. The number of carbonyl (C=O) groups is 3. The van der Waals surface area contributed by atoms with Gasteiger partial charge in [0.05, 0.1) is 85.1 Å². The van der Waals surface area contributed by atoms with Crippen LogP contribution in [0.2, 0.25) is 10.0 Å². The van der Waals surface area contributed by atoms with Gasteiger partial charge in [0, 0.05) is 62.5 Å². The molecule has 11 aromatic rings. The van der Waals surface area contributed by atoms with Crippen LogP contribution in [-0.4, -0.2) is 92.6 Å². The number of ether oxygens (including phenoxy) is 6. The molecule has 0 bridgehead atoms. The van der Waals surface area contributed by atoms with Gasteiger partial charge >= 0.3 is 40.8 Å². The van der Waals surface area contributed by atoms with Crippen molar-refractivity contribution in [3.63, 3.8) is 0 Å². The number of nitrogens with zero attached hydrogens (tertiary/aromatic N) is 2. The number of hydrogen-bond acceptors (Lipinski definition) is 21. The summed E-state index contributed by atoms with van der Waals surface area (Å²) in [5.41, 5.74) is 18.3. The van der Waals surface area contributed by atoms with Gasteiger partial charge in [-0.25, -0.2) is 14.6 Å². The Morgan fingerprint density at radius 2 is 1.06 bits per heavy atom. The van der Waals surface area contributed by atoms with Crippen molar-refractivity contribution in [3.8, 4) is 45.8 Å². The van der Waals surface area contributed by atoms with Crippen LogP contribution in [0.1, 0.15) is 59.7 Å². The summed E-state index contributed by atoms with van der Waals surface area (Å²) in [5, 5.41) is 18.1. The normalized spacial score (nSPS) is 9.83. The number of methoxy groups -OCH3 is 6. The van der Waals surface area contributed by atoms with E-state index in [9.17, 15) is 24.0 Å². The number of fused-ring (bicyclic) bond motifs is 2. The van der Waals surface area contributed by atoms with Gasteiger partial charge in [0.2, 0.25) is 0 Å². The van der Waals surface area contributed by atoms with Crippen molar-refractivity contribution >= 4 is 158 Å². The summed E-state index contributed by atoms with van der Waals surface area (Å²) in [7, 11) is 10.4. The molecule has 0 aliphatic heterocycles. The van der Waals surface area contributed by atoms with Crippen molar-refractivity contribution < 1.29 is 86.3 Å². The number of ketones is 2. The number of isothiocyanates is 1. The van der Waals surface area contributed by atoms with Crippen LogP contribution in [0.15, 0.2) is 211 Å². The monoisotopic (exact) mass is 1580 g/mol. The molecule has 0 fully saturated rings. The number of benzene rings is 8. The molecule has 27 heteroatoms. The largest absolute Gasteiger partial charge is 1.00 e. The third-order valence-electron chi connectivity index (χ3n) is 14.3. The Bertz CT molecular complexity index is 4810. The van der Waals surface area contributed by atoms with Crippen molar-refractivity contribution in [3.05, 3.63) is 257 Å². The van der Waals surface area contributed by atoms with Gasteiger partial charge in [0.25, 0.3) is 5.91 Å². The number of aliphatic imine (C=N–C) groups is 1. The Hall–Kier alpha value is -8.98. The van der Waals surface area contributed by atoms with E-state index in [2.05, 4.69) is 43.4 Å². The molecule has 8 aromatic carbocycles. The number of nitrogen functional groups attached to an aromatic ring is 1. The van der Waals surface area contributed by atoms with E-state index >= 15 is 0 Å². The van der Waals surface area contributed by atoms with Crippen LogP contribution in [-0.2, 0) is 12.8 Å². The van der Waals surface area contributed by atoms with E-state index in [1.807, 2.05) is 134 Å². The molecule has 0 atom stereocenters. The zero-order valence-corrected chi connectivity index (χ0v) is 66.1. The molecule has 0 saturated carbocycles. The van der Waals surface area contributed by atoms with Crippen molar-refractivity contribution in [1.82, 2.24) is 4.98 Å². The minimum Gasteiger partial charge on any atom is -0.857 e. The molecule has 3 aromatic heterocycles. The molecule has 530 valence electrons.